The molecule has 1 amide bonds. The molecule has 9 heteroatoms. The van der Waals surface area contributed by atoms with Gasteiger partial charge >= 0.3 is 18.2 Å². The quantitative estimate of drug-likeness (QED) is 0.808. The standard InChI is InChI=1S/C11H7F6NO2/c12-5-1-2-6(7(3-5)11(15,16)17)8-10(13,14)4-20-9(19)18-8/h1-3,8H,4H2,(H,18,19)/t8-/m1/s1. The molecule has 110 valence electrons. The molecule has 0 bridgehead atoms. The molecule has 0 spiro atoms. The third kappa shape index (κ3) is 2.66. The lowest BCUT2D eigenvalue weighted by molar-refractivity contribution is -0.142. The average Bonchev–Trinajstić information content (AvgIpc) is 2.31. The Kier molecular flexibility index (Phi) is 3.31. The van der Waals surface area contributed by atoms with E-state index < -0.39 is 47.8 Å². The van der Waals surface area contributed by atoms with Crippen molar-refractivity contribution in [3.8, 4) is 0 Å². The van der Waals surface area contributed by atoms with Crippen LogP contribution in [0.1, 0.15) is 17.2 Å². The van der Waals surface area contributed by atoms with E-state index in [-0.39, 0.29) is 6.07 Å². The third-order valence-electron chi connectivity index (χ3n) is 2.71. The van der Waals surface area contributed by atoms with Crippen LogP contribution in [0.4, 0.5) is 31.1 Å². The average molecular weight is 299 g/mol. The van der Waals surface area contributed by atoms with E-state index in [1.54, 1.807) is 5.32 Å². The molecular formula is C11H7F6NO2. The normalized spacial score (nSPS) is 22.1. The van der Waals surface area contributed by atoms with E-state index in [0.717, 1.165) is 0 Å². The number of carbonyl (C=O) groups excluding carboxylic acids is 1. The number of rotatable bonds is 1. The highest BCUT2D eigenvalue weighted by atomic mass is 19.4. The lowest BCUT2D eigenvalue weighted by atomic mass is 9.94. The van der Waals surface area contributed by atoms with Gasteiger partial charge in [0.1, 0.15) is 11.9 Å². The first-order valence-electron chi connectivity index (χ1n) is 5.29. The number of amides is 1. The molecule has 1 saturated heterocycles. The van der Waals surface area contributed by atoms with Gasteiger partial charge < -0.3 is 10.1 Å². The number of ether oxygens (including phenoxy) is 1. The Labute approximate surface area is 108 Å². The molecule has 0 aromatic heterocycles. The Hall–Kier alpha value is -1.93. The fourth-order valence-corrected chi connectivity index (χ4v) is 1.84. The molecule has 2 rings (SSSR count). The van der Waals surface area contributed by atoms with Crippen molar-refractivity contribution in [2.24, 2.45) is 0 Å². The summed E-state index contributed by atoms with van der Waals surface area (Å²) >= 11 is 0. The van der Waals surface area contributed by atoms with Crippen molar-refractivity contribution >= 4 is 6.09 Å². The first-order chi connectivity index (χ1) is 9.11. The van der Waals surface area contributed by atoms with Crippen molar-refractivity contribution in [2.45, 2.75) is 18.1 Å². The van der Waals surface area contributed by atoms with Gasteiger partial charge in [-0.1, -0.05) is 6.07 Å². The second-order valence-electron chi connectivity index (χ2n) is 4.14. The monoisotopic (exact) mass is 299 g/mol. The number of halogens is 6. The minimum atomic E-state index is -5.03. The van der Waals surface area contributed by atoms with E-state index in [9.17, 15) is 31.1 Å². The van der Waals surface area contributed by atoms with Gasteiger partial charge in [0.15, 0.2) is 6.61 Å². The highest BCUT2D eigenvalue weighted by molar-refractivity contribution is 5.69. The highest BCUT2D eigenvalue weighted by Gasteiger charge is 2.49. The molecule has 0 radical (unpaired) electrons. The summed E-state index contributed by atoms with van der Waals surface area (Å²) in [6.45, 7) is -1.35. The van der Waals surface area contributed by atoms with Gasteiger partial charge in [-0.25, -0.2) is 18.0 Å². The van der Waals surface area contributed by atoms with E-state index in [2.05, 4.69) is 4.74 Å². The third-order valence-corrected chi connectivity index (χ3v) is 2.71. The first kappa shape index (κ1) is 14.5. The van der Waals surface area contributed by atoms with Gasteiger partial charge in [0, 0.05) is 0 Å². The Balaban J connectivity index is 2.53. The van der Waals surface area contributed by atoms with Crippen LogP contribution in [0.2, 0.25) is 0 Å². The lowest BCUT2D eigenvalue weighted by Gasteiger charge is -2.33. The second kappa shape index (κ2) is 4.57. The molecule has 1 fully saturated rings. The summed E-state index contributed by atoms with van der Waals surface area (Å²) in [5, 5.41) is 1.62. The smallest absolute Gasteiger partial charge is 0.416 e. The van der Waals surface area contributed by atoms with Crippen molar-refractivity contribution in [3.63, 3.8) is 0 Å². The Morgan fingerprint density at radius 3 is 2.55 bits per heavy atom. The molecular weight excluding hydrogens is 292 g/mol. The molecule has 1 aromatic rings. The largest absolute Gasteiger partial charge is 0.443 e. The van der Waals surface area contributed by atoms with Crippen LogP contribution in [0.3, 0.4) is 0 Å². The molecule has 1 atom stereocenters. The van der Waals surface area contributed by atoms with Gasteiger partial charge in [0.05, 0.1) is 5.56 Å². The summed E-state index contributed by atoms with van der Waals surface area (Å²) in [4.78, 5) is 10.9. The molecule has 0 unspecified atom stereocenters. The van der Waals surface area contributed by atoms with Crippen molar-refractivity contribution in [3.05, 3.63) is 35.1 Å². The first-order valence-corrected chi connectivity index (χ1v) is 5.29. The summed E-state index contributed by atoms with van der Waals surface area (Å²) in [5.74, 6) is -4.96. The highest BCUT2D eigenvalue weighted by Crippen LogP contribution is 2.41. The van der Waals surface area contributed by atoms with Crippen LogP contribution in [0.25, 0.3) is 0 Å². The number of cyclic esters (lactones) is 1. The van der Waals surface area contributed by atoms with E-state index in [4.69, 9.17) is 0 Å². The maximum Gasteiger partial charge on any atom is 0.416 e. The Morgan fingerprint density at radius 2 is 1.95 bits per heavy atom. The van der Waals surface area contributed by atoms with E-state index in [0.29, 0.717) is 12.1 Å². The van der Waals surface area contributed by atoms with Gasteiger partial charge in [-0.2, -0.15) is 13.2 Å². The predicted octanol–water partition coefficient (Wildman–Crippen LogP) is 3.26. The van der Waals surface area contributed by atoms with Gasteiger partial charge in [-0.05, 0) is 17.7 Å². The number of nitrogens with one attached hydrogen (secondary N) is 1. The zero-order valence-electron chi connectivity index (χ0n) is 9.60. The molecule has 0 saturated carbocycles. The van der Waals surface area contributed by atoms with Crippen LogP contribution in [-0.4, -0.2) is 18.6 Å². The molecule has 1 N–H and O–H groups in total. The van der Waals surface area contributed by atoms with Crippen LogP contribution in [0, 0.1) is 5.82 Å². The minimum absolute atomic E-state index is 0.104. The van der Waals surface area contributed by atoms with Crippen LogP contribution < -0.4 is 5.32 Å². The van der Waals surface area contributed by atoms with Gasteiger partial charge in [-0.3, -0.25) is 0 Å². The number of alkyl halides is 5. The summed E-state index contributed by atoms with van der Waals surface area (Å²) in [7, 11) is 0. The number of carbonyl (C=O) groups is 1. The maximum absolute atomic E-state index is 13.6. The summed E-state index contributed by atoms with van der Waals surface area (Å²) < 4.78 is 82.5. The molecule has 0 aliphatic carbocycles. The van der Waals surface area contributed by atoms with Crippen LogP contribution in [-0.2, 0) is 10.9 Å². The predicted molar refractivity (Wildman–Crippen MR) is 53.6 cm³/mol. The van der Waals surface area contributed by atoms with Crippen molar-refractivity contribution in [1.82, 2.24) is 5.32 Å². The van der Waals surface area contributed by atoms with E-state index >= 15 is 0 Å². The Morgan fingerprint density at radius 1 is 1.30 bits per heavy atom. The van der Waals surface area contributed by atoms with Crippen LogP contribution in [0.15, 0.2) is 18.2 Å². The van der Waals surface area contributed by atoms with Crippen molar-refractivity contribution in [2.75, 3.05) is 6.61 Å². The van der Waals surface area contributed by atoms with Crippen molar-refractivity contribution < 1.29 is 35.9 Å². The number of alkyl carbamates (subject to hydrolysis) is 1. The SMILES string of the molecule is O=C1N[C@H](c2ccc(F)cc2C(F)(F)F)C(F)(F)CO1. The summed E-state index contributed by atoms with van der Waals surface area (Å²) in [6, 6.07) is -0.946. The molecule has 1 aliphatic rings. The molecule has 20 heavy (non-hydrogen) atoms. The van der Waals surface area contributed by atoms with E-state index in [1.807, 2.05) is 0 Å². The van der Waals surface area contributed by atoms with Gasteiger partial charge in [0.2, 0.25) is 0 Å². The van der Waals surface area contributed by atoms with Crippen LogP contribution in [0.5, 0.6) is 0 Å². The Bertz CT molecular complexity index is 542. The number of hydrogen-bond acceptors (Lipinski definition) is 2. The number of hydrogen-bond donors (Lipinski definition) is 1. The maximum atomic E-state index is 13.6. The fourth-order valence-electron chi connectivity index (χ4n) is 1.84. The van der Waals surface area contributed by atoms with Gasteiger partial charge in [0.25, 0.3) is 0 Å². The molecule has 1 heterocycles. The topological polar surface area (TPSA) is 38.3 Å². The van der Waals surface area contributed by atoms with Crippen LogP contribution >= 0.6 is 0 Å². The van der Waals surface area contributed by atoms with Crippen molar-refractivity contribution in [1.29, 1.82) is 0 Å². The fraction of sp³-hybridized carbons (Fsp3) is 0.364. The zero-order chi connectivity index (χ0) is 15.1. The van der Waals surface area contributed by atoms with E-state index in [1.165, 1.54) is 0 Å². The molecule has 1 aromatic carbocycles. The van der Waals surface area contributed by atoms with Gasteiger partial charge in [-0.15, -0.1) is 0 Å². The number of benzene rings is 1. The summed E-state index contributed by atoms with van der Waals surface area (Å²) in [6.07, 6.45) is -6.30. The minimum Gasteiger partial charge on any atom is -0.443 e. The molecule has 1 aliphatic heterocycles. The lowest BCUT2D eigenvalue weighted by Crippen LogP contribution is -2.50. The molecule has 3 nitrogen and oxygen atoms in total. The zero-order valence-corrected chi connectivity index (χ0v) is 9.60. The summed E-state index contributed by atoms with van der Waals surface area (Å²) in [5.41, 5.74) is -2.48. The second-order valence-corrected chi connectivity index (χ2v) is 4.14.